The summed E-state index contributed by atoms with van der Waals surface area (Å²) in [4.78, 5) is 6.39. The predicted octanol–water partition coefficient (Wildman–Crippen LogP) is 5.93. The van der Waals surface area contributed by atoms with Crippen molar-refractivity contribution in [3.8, 4) is 0 Å². The van der Waals surface area contributed by atoms with Crippen LogP contribution < -0.4 is 4.90 Å². The van der Waals surface area contributed by atoms with Crippen LogP contribution in [0.3, 0.4) is 0 Å². The van der Waals surface area contributed by atoms with Gasteiger partial charge >= 0.3 is 0 Å². The van der Waals surface area contributed by atoms with Crippen molar-refractivity contribution in [3.63, 3.8) is 0 Å². The average Bonchev–Trinajstić information content (AvgIpc) is 2.70. The quantitative estimate of drug-likeness (QED) is 0.620. The third-order valence-corrected chi connectivity index (χ3v) is 4.97. The van der Waals surface area contributed by atoms with Gasteiger partial charge in [-0.2, -0.15) is 0 Å². The van der Waals surface area contributed by atoms with Crippen molar-refractivity contribution in [2.75, 3.05) is 11.5 Å². The molecular weight excluding hydrogens is 356 g/mol. The number of rotatable bonds is 6. The summed E-state index contributed by atoms with van der Waals surface area (Å²) in [6.07, 6.45) is 6.53. The van der Waals surface area contributed by atoms with E-state index in [-0.39, 0.29) is 0 Å². The van der Waals surface area contributed by atoms with Gasteiger partial charge in [0.25, 0.3) is 0 Å². The Morgan fingerprint density at radius 2 is 1.78 bits per heavy atom. The lowest BCUT2D eigenvalue weighted by molar-refractivity contribution is 0.308. The lowest BCUT2D eigenvalue weighted by Gasteiger charge is -2.26. The predicted molar refractivity (Wildman–Crippen MR) is 115 cm³/mol. The fourth-order valence-corrected chi connectivity index (χ4v) is 3.28. The molecule has 140 valence electrons. The molecule has 1 aliphatic heterocycles. The molecule has 4 heteroatoms. The van der Waals surface area contributed by atoms with Gasteiger partial charge in [-0.25, -0.2) is 4.99 Å². The molecule has 3 nitrogen and oxygen atoms in total. The number of benzene rings is 2. The van der Waals surface area contributed by atoms with E-state index in [1.807, 2.05) is 35.4 Å². The van der Waals surface area contributed by atoms with E-state index >= 15 is 0 Å². The molecule has 2 aromatic carbocycles. The molecule has 0 aromatic heterocycles. The second-order valence-corrected chi connectivity index (χ2v) is 6.87. The van der Waals surface area contributed by atoms with Gasteiger partial charge < -0.3 is 9.64 Å². The third-order valence-electron chi connectivity index (χ3n) is 4.72. The Bertz CT molecular complexity index is 868. The number of ether oxygens (including phenoxy) is 1. The second-order valence-electron chi connectivity index (χ2n) is 6.43. The Morgan fingerprint density at radius 1 is 1.04 bits per heavy atom. The molecule has 0 bridgehead atoms. The maximum atomic E-state index is 5.93. The number of hydrogen-bond acceptors (Lipinski definition) is 3. The van der Waals surface area contributed by atoms with Gasteiger partial charge in [0.15, 0.2) is 0 Å². The molecule has 2 aromatic rings. The minimum absolute atomic E-state index is 0.538. The summed E-state index contributed by atoms with van der Waals surface area (Å²) in [6, 6.07) is 14.4. The number of halogens is 1. The van der Waals surface area contributed by atoms with E-state index in [0.717, 1.165) is 35.7 Å². The number of nitrogens with zero attached hydrogens (tertiary/aromatic N) is 2. The molecule has 1 aliphatic rings. The number of anilines is 1. The lowest BCUT2D eigenvalue weighted by atomic mass is 10.0. The zero-order valence-corrected chi connectivity index (χ0v) is 16.7. The standard InChI is InChI=1S/C23H25ClN2O/c1-4-19-8-11-22(16-20(19)5-2)26-14-13-25-23(17(26)3)27-15-12-18-6-9-21(24)10-7-18/h6-11,13-14,16H,3-5,12,15H2,1-2H3. The topological polar surface area (TPSA) is 24.8 Å². The van der Waals surface area contributed by atoms with Gasteiger partial charge in [-0.3, -0.25) is 0 Å². The van der Waals surface area contributed by atoms with E-state index in [1.54, 1.807) is 6.20 Å². The minimum Gasteiger partial charge on any atom is -0.476 e. The van der Waals surface area contributed by atoms with Crippen LogP contribution in [0.15, 0.2) is 72.1 Å². The zero-order valence-electron chi connectivity index (χ0n) is 15.9. The molecule has 0 saturated heterocycles. The molecule has 0 unspecified atom stereocenters. The average molecular weight is 381 g/mol. The highest BCUT2D eigenvalue weighted by molar-refractivity contribution is 6.30. The van der Waals surface area contributed by atoms with Crippen LogP contribution in [0, 0.1) is 0 Å². The van der Waals surface area contributed by atoms with E-state index in [1.165, 1.54) is 16.7 Å². The first-order valence-electron chi connectivity index (χ1n) is 9.34. The molecule has 0 atom stereocenters. The first-order valence-corrected chi connectivity index (χ1v) is 9.72. The third kappa shape index (κ3) is 4.61. The Hall–Kier alpha value is -2.52. The Morgan fingerprint density at radius 3 is 2.48 bits per heavy atom. The normalized spacial score (nSPS) is 13.7. The zero-order chi connectivity index (χ0) is 19.2. The van der Waals surface area contributed by atoms with Gasteiger partial charge in [0.2, 0.25) is 5.90 Å². The number of hydrogen-bond donors (Lipinski definition) is 0. The summed E-state index contributed by atoms with van der Waals surface area (Å²) in [5, 5.41) is 0.742. The monoisotopic (exact) mass is 380 g/mol. The van der Waals surface area contributed by atoms with Gasteiger partial charge in [0.05, 0.1) is 6.61 Å². The van der Waals surface area contributed by atoms with Crippen molar-refractivity contribution < 1.29 is 4.74 Å². The lowest BCUT2D eigenvalue weighted by Crippen LogP contribution is -2.26. The smallest absolute Gasteiger partial charge is 0.237 e. The largest absolute Gasteiger partial charge is 0.476 e. The highest BCUT2D eigenvalue weighted by Gasteiger charge is 2.18. The molecule has 1 heterocycles. The summed E-state index contributed by atoms with van der Waals surface area (Å²) in [6.45, 7) is 9.10. The molecule has 0 spiro atoms. The Labute approximate surface area is 166 Å². The minimum atomic E-state index is 0.538. The summed E-state index contributed by atoms with van der Waals surface area (Å²) in [5.74, 6) is 0.559. The van der Waals surface area contributed by atoms with Gasteiger partial charge in [-0.05, 0) is 53.8 Å². The molecule has 0 N–H and O–H groups in total. The summed E-state index contributed by atoms with van der Waals surface area (Å²) < 4.78 is 5.91. The molecule has 27 heavy (non-hydrogen) atoms. The van der Waals surface area contributed by atoms with Crippen LogP contribution in [0.2, 0.25) is 5.02 Å². The van der Waals surface area contributed by atoms with Crippen molar-refractivity contribution in [2.24, 2.45) is 4.99 Å². The highest BCUT2D eigenvalue weighted by atomic mass is 35.5. The van der Waals surface area contributed by atoms with E-state index in [2.05, 4.69) is 43.6 Å². The number of aryl methyl sites for hydroxylation is 2. The maximum absolute atomic E-state index is 5.93. The van der Waals surface area contributed by atoms with Crippen LogP contribution in [-0.2, 0) is 24.0 Å². The fourth-order valence-electron chi connectivity index (χ4n) is 3.15. The molecule has 0 radical (unpaired) electrons. The molecular formula is C23H25ClN2O. The summed E-state index contributed by atoms with van der Waals surface area (Å²) in [5.41, 5.74) is 5.76. The Kier molecular flexibility index (Phi) is 6.36. The van der Waals surface area contributed by atoms with E-state index in [0.29, 0.717) is 12.5 Å². The second kappa shape index (κ2) is 8.92. The molecule has 0 amide bonds. The van der Waals surface area contributed by atoms with Crippen LogP contribution in [0.1, 0.15) is 30.5 Å². The van der Waals surface area contributed by atoms with Crippen LogP contribution >= 0.6 is 11.6 Å². The summed E-state index contributed by atoms with van der Waals surface area (Å²) >= 11 is 5.93. The van der Waals surface area contributed by atoms with Crippen molar-refractivity contribution in [1.29, 1.82) is 0 Å². The molecule has 0 saturated carbocycles. The van der Waals surface area contributed by atoms with Gasteiger partial charge in [-0.15, -0.1) is 0 Å². The fraction of sp³-hybridized carbons (Fsp3) is 0.261. The van der Waals surface area contributed by atoms with Crippen molar-refractivity contribution >= 4 is 23.2 Å². The molecule has 0 aliphatic carbocycles. The van der Waals surface area contributed by atoms with E-state index < -0.39 is 0 Å². The maximum Gasteiger partial charge on any atom is 0.237 e. The van der Waals surface area contributed by atoms with Gasteiger partial charge in [0.1, 0.15) is 5.70 Å². The first-order chi connectivity index (χ1) is 13.1. The SMILES string of the molecule is C=C1C(OCCc2ccc(Cl)cc2)=NC=CN1c1ccc(CC)c(CC)c1. The van der Waals surface area contributed by atoms with Crippen molar-refractivity contribution in [3.05, 3.63) is 88.9 Å². The Balaban J connectivity index is 1.66. The molecule has 3 rings (SSSR count). The van der Waals surface area contributed by atoms with Crippen LogP contribution in [-0.4, -0.2) is 12.5 Å². The van der Waals surface area contributed by atoms with Gasteiger partial charge in [-0.1, -0.05) is 50.2 Å². The van der Waals surface area contributed by atoms with Crippen molar-refractivity contribution in [1.82, 2.24) is 0 Å². The van der Waals surface area contributed by atoms with E-state index in [4.69, 9.17) is 16.3 Å². The molecule has 0 fully saturated rings. The van der Waals surface area contributed by atoms with Gasteiger partial charge in [0, 0.05) is 29.5 Å². The van der Waals surface area contributed by atoms with Crippen LogP contribution in [0.25, 0.3) is 0 Å². The first kappa shape index (κ1) is 19.2. The van der Waals surface area contributed by atoms with E-state index in [9.17, 15) is 0 Å². The number of aliphatic imine (C=N–C) groups is 1. The summed E-state index contributed by atoms with van der Waals surface area (Å²) in [7, 11) is 0. The van der Waals surface area contributed by atoms with Crippen LogP contribution in [0.4, 0.5) is 5.69 Å². The highest BCUT2D eigenvalue weighted by Crippen LogP contribution is 2.26. The van der Waals surface area contributed by atoms with Crippen LogP contribution in [0.5, 0.6) is 0 Å². The van der Waals surface area contributed by atoms with Crippen molar-refractivity contribution in [2.45, 2.75) is 33.1 Å².